The van der Waals surface area contributed by atoms with Gasteiger partial charge in [-0.05, 0) is 19.4 Å². The Balaban J connectivity index is 2.72. The van der Waals surface area contributed by atoms with Gasteiger partial charge in [-0.3, -0.25) is 4.79 Å². The molecule has 1 aromatic carbocycles. The Morgan fingerprint density at radius 3 is 2.78 bits per heavy atom. The van der Waals surface area contributed by atoms with Gasteiger partial charge >= 0.3 is 5.97 Å². The summed E-state index contributed by atoms with van der Waals surface area (Å²) in [6.07, 6.45) is 0.680. The molecule has 1 unspecified atom stereocenters. The van der Waals surface area contributed by atoms with Crippen molar-refractivity contribution in [1.29, 1.82) is 5.26 Å². The van der Waals surface area contributed by atoms with Crippen molar-refractivity contribution < 1.29 is 14.3 Å². The van der Waals surface area contributed by atoms with E-state index in [1.807, 2.05) is 24.3 Å². The number of benzene rings is 1. The van der Waals surface area contributed by atoms with Crippen LogP contribution in [0.2, 0.25) is 0 Å². The molecule has 1 rings (SSSR count). The van der Waals surface area contributed by atoms with Crippen LogP contribution in [0.5, 0.6) is 5.75 Å². The van der Waals surface area contributed by atoms with Crippen LogP contribution in [0.15, 0.2) is 24.3 Å². The number of rotatable bonds is 6. The van der Waals surface area contributed by atoms with E-state index in [1.54, 1.807) is 14.0 Å². The summed E-state index contributed by atoms with van der Waals surface area (Å²) in [5.41, 5.74) is 0.812. The third-order valence-corrected chi connectivity index (χ3v) is 2.61. The number of hydrogen-bond acceptors (Lipinski definition) is 4. The van der Waals surface area contributed by atoms with Gasteiger partial charge in [0.15, 0.2) is 0 Å². The molecule has 0 fully saturated rings. The van der Waals surface area contributed by atoms with Gasteiger partial charge in [0.25, 0.3) is 0 Å². The second-order valence-electron chi connectivity index (χ2n) is 3.77. The summed E-state index contributed by atoms with van der Waals surface area (Å²) in [5, 5.41) is 9.18. The van der Waals surface area contributed by atoms with E-state index in [4.69, 9.17) is 9.47 Å². The molecule has 1 atom stereocenters. The van der Waals surface area contributed by atoms with Gasteiger partial charge in [-0.15, -0.1) is 0 Å². The van der Waals surface area contributed by atoms with Gasteiger partial charge in [-0.25, -0.2) is 0 Å². The van der Waals surface area contributed by atoms with Crippen LogP contribution in [-0.2, 0) is 9.53 Å². The van der Waals surface area contributed by atoms with Crippen molar-refractivity contribution in [2.75, 3.05) is 13.7 Å². The molecule has 18 heavy (non-hydrogen) atoms. The molecule has 96 valence electrons. The quantitative estimate of drug-likeness (QED) is 0.725. The Labute approximate surface area is 107 Å². The Morgan fingerprint density at radius 2 is 2.17 bits per heavy atom. The number of hydrogen-bond donors (Lipinski definition) is 0. The van der Waals surface area contributed by atoms with Crippen molar-refractivity contribution in [2.24, 2.45) is 0 Å². The number of nitrogens with zero attached hydrogens (tertiary/aromatic N) is 1. The van der Waals surface area contributed by atoms with Gasteiger partial charge in [0.05, 0.1) is 25.7 Å². The average molecular weight is 247 g/mol. The molecule has 0 bridgehead atoms. The Bertz CT molecular complexity index is 437. The molecular formula is C14H17NO3. The van der Waals surface area contributed by atoms with Crippen LogP contribution in [0.4, 0.5) is 0 Å². The first kappa shape index (κ1) is 14.0. The summed E-state index contributed by atoms with van der Waals surface area (Å²) in [6, 6.07) is 9.56. The van der Waals surface area contributed by atoms with Crippen molar-refractivity contribution in [1.82, 2.24) is 0 Å². The summed E-state index contributed by atoms with van der Waals surface area (Å²) < 4.78 is 10.1. The normalized spacial score (nSPS) is 11.4. The summed E-state index contributed by atoms with van der Waals surface area (Å²) in [6.45, 7) is 2.13. The van der Waals surface area contributed by atoms with Crippen LogP contribution in [0.25, 0.3) is 0 Å². The number of ether oxygens (including phenoxy) is 2. The highest BCUT2D eigenvalue weighted by Crippen LogP contribution is 2.29. The Hall–Kier alpha value is -2.02. The van der Waals surface area contributed by atoms with Crippen molar-refractivity contribution >= 4 is 5.97 Å². The zero-order valence-corrected chi connectivity index (χ0v) is 10.7. The standard InChI is InChI=1S/C14H17NO3/c1-3-18-14(16)9-8-11(10-15)12-6-4-5-7-13(12)17-2/h4-7,11H,3,8-9H2,1-2H3. The fourth-order valence-electron chi connectivity index (χ4n) is 1.74. The number of esters is 1. The lowest BCUT2D eigenvalue weighted by Crippen LogP contribution is -2.07. The van der Waals surface area contributed by atoms with Crippen LogP contribution < -0.4 is 4.74 Å². The number of carbonyl (C=O) groups is 1. The van der Waals surface area contributed by atoms with E-state index < -0.39 is 0 Å². The second kappa shape index (κ2) is 7.33. The van der Waals surface area contributed by atoms with Gasteiger partial charge in [0.2, 0.25) is 0 Å². The van der Waals surface area contributed by atoms with Crippen LogP contribution in [0.1, 0.15) is 31.2 Å². The van der Waals surface area contributed by atoms with Crippen molar-refractivity contribution in [3.8, 4) is 11.8 Å². The summed E-state index contributed by atoms with van der Waals surface area (Å²) in [5.74, 6) is 0.0473. The minimum atomic E-state index is -0.356. The van der Waals surface area contributed by atoms with Gasteiger partial charge in [-0.1, -0.05) is 18.2 Å². The lowest BCUT2D eigenvalue weighted by molar-refractivity contribution is -0.143. The highest BCUT2D eigenvalue weighted by Gasteiger charge is 2.17. The van der Waals surface area contributed by atoms with Crippen LogP contribution in [0, 0.1) is 11.3 Å². The molecule has 0 saturated carbocycles. The molecule has 4 heteroatoms. The van der Waals surface area contributed by atoms with E-state index in [0.717, 1.165) is 5.56 Å². The fourth-order valence-corrected chi connectivity index (χ4v) is 1.74. The first-order valence-electron chi connectivity index (χ1n) is 5.91. The molecule has 0 aliphatic heterocycles. The molecular weight excluding hydrogens is 230 g/mol. The summed E-state index contributed by atoms with van der Waals surface area (Å²) in [7, 11) is 1.57. The van der Waals surface area contributed by atoms with Crippen LogP contribution in [-0.4, -0.2) is 19.7 Å². The van der Waals surface area contributed by atoms with Crippen molar-refractivity contribution in [3.63, 3.8) is 0 Å². The molecule has 0 aromatic heterocycles. The second-order valence-corrected chi connectivity index (χ2v) is 3.77. The summed E-state index contributed by atoms with van der Waals surface area (Å²) in [4.78, 5) is 11.3. The smallest absolute Gasteiger partial charge is 0.305 e. The topological polar surface area (TPSA) is 59.3 Å². The Kier molecular flexibility index (Phi) is 5.72. The van der Waals surface area contributed by atoms with E-state index in [0.29, 0.717) is 18.8 Å². The van der Waals surface area contributed by atoms with Gasteiger partial charge in [0, 0.05) is 12.0 Å². The zero-order chi connectivity index (χ0) is 13.4. The SMILES string of the molecule is CCOC(=O)CCC(C#N)c1ccccc1OC. The van der Waals surface area contributed by atoms with E-state index in [2.05, 4.69) is 6.07 Å². The highest BCUT2D eigenvalue weighted by molar-refractivity contribution is 5.69. The molecule has 0 radical (unpaired) electrons. The molecule has 1 aromatic rings. The van der Waals surface area contributed by atoms with Crippen molar-refractivity contribution in [2.45, 2.75) is 25.7 Å². The largest absolute Gasteiger partial charge is 0.496 e. The lowest BCUT2D eigenvalue weighted by Gasteiger charge is -2.12. The first-order valence-corrected chi connectivity index (χ1v) is 5.91. The molecule has 4 nitrogen and oxygen atoms in total. The first-order chi connectivity index (χ1) is 8.72. The molecule has 0 heterocycles. The van der Waals surface area contributed by atoms with Crippen LogP contribution >= 0.6 is 0 Å². The number of carbonyl (C=O) groups excluding carboxylic acids is 1. The van der Waals surface area contributed by atoms with E-state index in [1.165, 1.54) is 0 Å². The van der Waals surface area contributed by atoms with E-state index >= 15 is 0 Å². The maximum Gasteiger partial charge on any atom is 0.305 e. The van der Waals surface area contributed by atoms with E-state index in [-0.39, 0.29) is 18.3 Å². The lowest BCUT2D eigenvalue weighted by atomic mass is 9.95. The fraction of sp³-hybridized carbons (Fsp3) is 0.429. The summed E-state index contributed by atoms with van der Waals surface area (Å²) >= 11 is 0. The molecule has 0 N–H and O–H groups in total. The molecule has 0 saturated heterocycles. The highest BCUT2D eigenvalue weighted by atomic mass is 16.5. The Morgan fingerprint density at radius 1 is 1.44 bits per heavy atom. The minimum absolute atomic E-state index is 0.240. The van der Waals surface area contributed by atoms with Crippen LogP contribution in [0.3, 0.4) is 0 Å². The van der Waals surface area contributed by atoms with Gasteiger partial charge in [-0.2, -0.15) is 5.26 Å². The maximum atomic E-state index is 11.3. The third-order valence-electron chi connectivity index (χ3n) is 2.61. The molecule has 0 aliphatic carbocycles. The molecule has 0 amide bonds. The number of nitriles is 1. The third kappa shape index (κ3) is 3.77. The van der Waals surface area contributed by atoms with Gasteiger partial charge in [0.1, 0.15) is 5.75 Å². The number of para-hydroxylation sites is 1. The van der Waals surface area contributed by atoms with Crippen molar-refractivity contribution in [3.05, 3.63) is 29.8 Å². The van der Waals surface area contributed by atoms with E-state index in [9.17, 15) is 10.1 Å². The minimum Gasteiger partial charge on any atom is -0.496 e. The monoisotopic (exact) mass is 247 g/mol. The molecule has 0 aliphatic rings. The predicted octanol–water partition coefficient (Wildman–Crippen LogP) is 2.65. The predicted molar refractivity (Wildman–Crippen MR) is 67.2 cm³/mol. The van der Waals surface area contributed by atoms with Gasteiger partial charge < -0.3 is 9.47 Å². The number of methoxy groups -OCH3 is 1. The average Bonchev–Trinajstić information content (AvgIpc) is 2.40. The zero-order valence-electron chi connectivity index (χ0n) is 10.7. The maximum absolute atomic E-state index is 11.3. The molecule has 0 spiro atoms.